The first kappa shape index (κ1) is 17.9. The number of rotatable bonds is 6. The van der Waals surface area contributed by atoms with E-state index in [1.807, 2.05) is 73.7 Å². The van der Waals surface area contributed by atoms with Crippen molar-refractivity contribution in [3.63, 3.8) is 0 Å². The van der Waals surface area contributed by atoms with E-state index >= 15 is 0 Å². The van der Waals surface area contributed by atoms with Crippen molar-refractivity contribution in [2.75, 3.05) is 12.4 Å². The number of hydrogen-bond donors (Lipinski definition) is 2. The summed E-state index contributed by atoms with van der Waals surface area (Å²) in [5.74, 6) is 0.760. The van der Waals surface area contributed by atoms with Crippen LogP contribution in [0.25, 0.3) is 10.9 Å². The number of aromatic amines is 1. The molecule has 4 aromatic rings. The zero-order chi connectivity index (χ0) is 19.5. The van der Waals surface area contributed by atoms with Crippen molar-refractivity contribution < 1.29 is 9.53 Å². The number of benzene rings is 3. The molecule has 0 fully saturated rings. The van der Waals surface area contributed by atoms with E-state index in [1.54, 1.807) is 13.3 Å². The second-order valence-corrected chi connectivity index (χ2v) is 6.84. The van der Waals surface area contributed by atoms with Gasteiger partial charge >= 0.3 is 0 Å². The van der Waals surface area contributed by atoms with E-state index in [0.29, 0.717) is 5.56 Å². The van der Waals surface area contributed by atoms with Crippen LogP contribution in [-0.2, 0) is 0 Å². The van der Waals surface area contributed by atoms with Crippen LogP contribution in [0.4, 0.5) is 5.69 Å². The number of methoxy groups -OCH3 is 1. The highest BCUT2D eigenvalue weighted by Crippen LogP contribution is 2.29. The number of aromatic nitrogens is 1. The summed E-state index contributed by atoms with van der Waals surface area (Å²) in [6.07, 6.45) is 1.80. The maximum Gasteiger partial charge on any atom is 0.191 e. The summed E-state index contributed by atoms with van der Waals surface area (Å²) in [6.45, 7) is 2.04. The number of hydrogen-bond acceptors (Lipinski definition) is 3. The molecule has 1 atom stereocenters. The van der Waals surface area contributed by atoms with Gasteiger partial charge in [-0.3, -0.25) is 4.79 Å². The number of carbonyl (C=O) groups is 1. The smallest absolute Gasteiger partial charge is 0.191 e. The monoisotopic (exact) mass is 370 g/mol. The quantitative estimate of drug-likeness (QED) is 0.439. The van der Waals surface area contributed by atoms with Gasteiger partial charge in [-0.05, 0) is 36.2 Å². The van der Waals surface area contributed by atoms with Gasteiger partial charge in [-0.25, -0.2) is 0 Å². The van der Waals surface area contributed by atoms with Crippen molar-refractivity contribution in [2.45, 2.75) is 13.0 Å². The molecule has 0 saturated heterocycles. The third-order valence-corrected chi connectivity index (χ3v) is 4.88. The fraction of sp³-hybridized carbons (Fsp3) is 0.125. The van der Waals surface area contributed by atoms with Crippen LogP contribution in [0.3, 0.4) is 0 Å². The van der Waals surface area contributed by atoms with Gasteiger partial charge in [0.15, 0.2) is 5.78 Å². The van der Waals surface area contributed by atoms with Crippen molar-refractivity contribution in [3.8, 4) is 5.75 Å². The Labute approximate surface area is 164 Å². The van der Waals surface area contributed by atoms with E-state index in [0.717, 1.165) is 33.5 Å². The lowest BCUT2D eigenvalue weighted by Gasteiger charge is -2.19. The summed E-state index contributed by atoms with van der Waals surface area (Å²) in [6, 6.07) is 23.0. The molecule has 0 aliphatic carbocycles. The summed E-state index contributed by atoms with van der Waals surface area (Å²) in [5.41, 5.74) is 4.55. The maximum atomic E-state index is 13.6. The highest BCUT2D eigenvalue weighted by Gasteiger charge is 2.24. The molecule has 0 radical (unpaired) electrons. The minimum atomic E-state index is -0.506. The molecule has 4 nitrogen and oxygen atoms in total. The number of ether oxygens (including phenoxy) is 1. The van der Waals surface area contributed by atoms with Crippen molar-refractivity contribution in [1.29, 1.82) is 0 Å². The van der Waals surface area contributed by atoms with E-state index in [1.165, 1.54) is 0 Å². The Morgan fingerprint density at radius 2 is 1.82 bits per heavy atom. The molecule has 28 heavy (non-hydrogen) atoms. The third-order valence-electron chi connectivity index (χ3n) is 4.88. The Morgan fingerprint density at radius 1 is 1.00 bits per heavy atom. The van der Waals surface area contributed by atoms with E-state index in [-0.39, 0.29) is 5.78 Å². The van der Waals surface area contributed by atoms with Crippen LogP contribution < -0.4 is 10.1 Å². The van der Waals surface area contributed by atoms with Crippen LogP contribution in [0.15, 0.2) is 79.0 Å². The van der Waals surface area contributed by atoms with Gasteiger partial charge < -0.3 is 15.0 Å². The zero-order valence-electron chi connectivity index (χ0n) is 15.9. The Morgan fingerprint density at radius 3 is 2.61 bits per heavy atom. The molecule has 4 heteroatoms. The van der Waals surface area contributed by atoms with E-state index in [2.05, 4.69) is 16.4 Å². The number of Topliss-reactive ketones (excluding diaryl/α,β-unsaturated/α-hetero) is 1. The lowest BCUT2D eigenvalue weighted by atomic mass is 9.96. The van der Waals surface area contributed by atoms with Gasteiger partial charge in [-0.1, -0.05) is 48.5 Å². The van der Waals surface area contributed by atoms with Gasteiger partial charge in [-0.15, -0.1) is 0 Å². The molecule has 0 amide bonds. The second-order valence-electron chi connectivity index (χ2n) is 6.84. The molecular weight excluding hydrogens is 348 g/mol. The van der Waals surface area contributed by atoms with Gasteiger partial charge in [0.25, 0.3) is 0 Å². The van der Waals surface area contributed by atoms with Crippen molar-refractivity contribution in [1.82, 2.24) is 4.98 Å². The second kappa shape index (κ2) is 7.61. The Balaban J connectivity index is 1.75. The van der Waals surface area contributed by atoms with E-state index in [9.17, 15) is 4.79 Å². The lowest BCUT2D eigenvalue weighted by molar-refractivity contribution is 0.0971. The fourth-order valence-electron chi connectivity index (χ4n) is 3.42. The maximum absolute atomic E-state index is 13.6. The Bertz CT molecular complexity index is 1120. The zero-order valence-corrected chi connectivity index (χ0v) is 15.9. The SMILES string of the molecule is COc1cccc(NC(C(=O)c2c[nH]c3cc(C)ccc23)c2ccccc2)c1. The van der Waals surface area contributed by atoms with Gasteiger partial charge in [0.2, 0.25) is 0 Å². The first-order valence-corrected chi connectivity index (χ1v) is 9.23. The lowest BCUT2D eigenvalue weighted by Crippen LogP contribution is -2.21. The molecule has 2 N–H and O–H groups in total. The number of H-pyrrole nitrogens is 1. The number of aryl methyl sites for hydroxylation is 1. The van der Waals surface area contributed by atoms with Crippen LogP contribution in [0.2, 0.25) is 0 Å². The Hall–Kier alpha value is -3.53. The number of nitrogens with one attached hydrogen (secondary N) is 2. The van der Waals surface area contributed by atoms with Crippen molar-refractivity contribution >= 4 is 22.4 Å². The third kappa shape index (κ3) is 3.49. The molecule has 4 rings (SSSR count). The average molecular weight is 370 g/mol. The minimum Gasteiger partial charge on any atom is -0.497 e. The first-order valence-electron chi connectivity index (χ1n) is 9.23. The minimum absolute atomic E-state index is 0.0177. The summed E-state index contributed by atoms with van der Waals surface area (Å²) in [5, 5.41) is 4.32. The summed E-state index contributed by atoms with van der Waals surface area (Å²) in [7, 11) is 1.63. The number of ketones is 1. The van der Waals surface area contributed by atoms with Crippen molar-refractivity contribution in [3.05, 3.63) is 95.7 Å². The molecular formula is C24H22N2O2. The predicted molar refractivity (Wildman–Crippen MR) is 113 cm³/mol. The van der Waals surface area contributed by atoms with Crippen LogP contribution >= 0.6 is 0 Å². The summed E-state index contributed by atoms with van der Waals surface area (Å²) < 4.78 is 5.31. The molecule has 1 unspecified atom stereocenters. The highest BCUT2D eigenvalue weighted by atomic mass is 16.5. The summed E-state index contributed by atoms with van der Waals surface area (Å²) in [4.78, 5) is 16.8. The van der Waals surface area contributed by atoms with Gasteiger partial charge in [-0.2, -0.15) is 0 Å². The molecule has 0 saturated carbocycles. The van der Waals surface area contributed by atoms with E-state index in [4.69, 9.17) is 4.74 Å². The largest absolute Gasteiger partial charge is 0.497 e. The standard InChI is InChI=1S/C24H22N2O2/c1-16-11-12-20-21(15-25-22(20)13-16)24(27)23(17-7-4-3-5-8-17)26-18-9-6-10-19(14-18)28-2/h3-15,23,25-26H,1-2H3. The van der Waals surface area contributed by atoms with Gasteiger partial charge in [0.1, 0.15) is 11.8 Å². The average Bonchev–Trinajstić information content (AvgIpc) is 3.15. The normalized spacial score (nSPS) is 11.9. The van der Waals surface area contributed by atoms with Crippen LogP contribution in [0.5, 0.6) is 5.75 Å². The van der Waals surface area contributed by atoms with E-state index < -0.39 is 6.04 Å². The first-order chi connectivity index (χ1) is 13.7. The van der Waals surface area contributed by atoms with Crippen molar-refractivity contribution in [2.24, 2.45) is 0 Å². The van der Waals surface area contributed by atoms with Crippen LogP contribution in [-0.4, -0.2) is 17.9 Å². The fourth-order valence-corrected chi connectivity index (χ4v) is 3.42. The van der Waals surface area contributed by atoms with Crippen LogP contribution in [0.1, 0.15) is 27.5 Å². The number of fused-ring (bicyclic) bond motifs is 1. The predicted octanol–water partition coefficient (Wildman–Crippen LogP) is 5.52. The van der Waals surface area contributed by atoms with Gasteiger partial charge in [0.05, 0.1) is 7.11 Å². The molecule has 0 spiro atoms. The molecule has 0 aliphatic heterocycles. The molecule has 1 aromatic heterocycles. The molecule has 3 aromatic carbocycles. The molecule has 140 valence electrons. The molecule has 0 aliphatic rings. The topological polar surface area (TPSA) is 54.1 Å². The van der Waals surface area contributed by atoms with Gasteiger partial charge in [0, 0.05) is 34.4 Å². The number of carbonyl (C=O) groups excluding carboxylic acids is 1. The summed E-state index contributed by atoms with van der Waals surface area (Å²) >= 11 is 0. The molecule has 1 heterocycles. The number of anilines is 1. The molecule has 0 bridgehead atoms. The highest BCUT2D eigenvalue weighted by molar-refractivity contribution is 6.11. The Kier molecular flexibility index (Phi) is 4.85. The van der Waals surface area contributed by atoms with Crippen LogP contribution in [0, 0.1) is 6.92 Å².